The number of nitrogens with one attached hydrogen (secondary N) is 1. The number of anilines is 1. The molecule has 1 amide bonds. The van der Waals surface area contributed by atoms with Gasteiger partial charge in [-0.3, -0.25) is 15.0 Å². The minimum absolute atomic E-state index is 0.149. The van der Waals surface area contributed by atoms with E-state index in [-0.39, 0.29) is 12.0 Å². The first kappa shape index (κ1) is 19.4. The molecule has 2 aliphatic heterocycles. The molecule has 150 valence electrons. The molecule has 0 bridgehead atoms. The summed E-state index contributed by atoms with van der Waals surface area (Å²) < 4.78 is 11.3. The molecule has 6 nitrogen and oxygen atoms in total. The van der Waals surface area contributed by atoms with E-state index >= 15 is 0 Å². The molecule has 0 radical (unpaired) electrons. The van der Waals surface area contributed by atoms with Crippen LogP contribution in [-0.2, 0) is 11.3 Å². The van der Waals surface area contributed by atoms with Crippen LogP contribution in [0.15, 0.2) is 29.6 Å². The van der Waals surface area contributed by atoms with Gasteiger partial charge in [0.25, 0.3) is 5.91 Å². The first-order chi connectivity index (χ1) is 13.8. The van der Waals surface area contributed by atoms with Crippen LogP contribution in [0, 0.1) is 0 Å². The monoisotopic (exact) mass is 401 g/mol. The van der Waals surface area contributed by atoms with Crippen molar-refractivity contribution in [3.05, 3.63) is 40.9 Å². The fourth-order valence-electron chi connectivity index (χ4n) is 3.62. The van der Waals surface area contributed by atoms with Gasteiger partial charge in [-0.15, -0.1) is 11.3 Å². The summed E-state index contributed by atoms with van der Waals surface area (Å²) in [5, 5.41) is 5.58. The standard InChI is InChI=1S/C21H27N3O3S/c25-20(16-6-8-18(9-7-16)27-14-19-5-4-12-26-19)23-21-22-17(15-28-21)13-24-10-2-1-3-11-24/h6-9,15,19H,1-5,10-14H2,(H,22,23,25). The Morgan fingerprint density at radius 2 is 2.04 bits per heavy atom. The number of likely N-dealkylation sites (tertiary alicyclic amines) is 1. The minimum Gasteiger partial charge on any atom is -0.491 e. The molecule has 1 aromatic carbocycles. The molecule has 2 aromatic rings. The van der Waals surface area contributed by atoms with Crippen molar-refractivity contribution in [1.82, 2.24) is 9.88 Å². The molecule has 1 unspecified atom stereocenters. The number of hydrogen-bond acceptors (Lipinski definition) is 6. The average molecular weight is 402 g/mol. The molecular formula is C21H27N3O3S. The van der Waals surface area contributed by atoms with Crippen molar-refractivity contribution in [3.63, 3.8) is 0 Å². The second-order valence-electron chi connectivity index (χ2n) is 7.41. The molecule has 28 heavy (non-hydrogen) atoms. The van der Waals surface area contributed by atoms with Crippen molar-refractivity contribution >= 4 is 22.4 Å². The fourth-order valence-corrected chi connectivity index (χ4v) is 4.32. The number of rotatable bonds is 7. The Bertz CT molecular complexity index is 765. The maximum atomic E-state index is 12.5. The van der Waals surface area contributed by atoms with Crippen LogP contribution < -0.4 is 10.1 Å². The SMILES string of the molecule is O=C(Nc1nc(CN2CCCCC2)cs1)c1ccc(OCC2CCCO2)cc1. The summed E-state index contributed by atoms with van der Waals surface area (Å²) in [5.74, 6) is 0.606. The molecule has 3 heterocycles. The summed E-state index contributed by atoms with van der Waals surface area (Å²) in [4.78, 5) is 19.5. The predicted molar refractivity (Wildman–Crippen MR) is 110 cm³/mol. The molecule has 4 rings (SSSR count). The quantitative estimate of drug-likeness (QED) is 0.761. The van der Waals surface area contributed by atoms with E-state index < -0.39 is 0 Å². The topological polar surface area (TPSA) is 63.7 Å². The summed E-state index contributed by atoms with van der Waals surface area (Å²) in [5.41, 5.74) is 1.62. The molecule has 1 atom stereocenters. The van der Waals surface area contributed by atoms with Crippen molar-refractivity contribution < 1.29 is 14.3 Å². The molecule has 0 aliphatic carbocycles. The van der Waals surface area contributed by atoms with Gasteiger partial charge < -0.3 is 9.47 Å². The maximum absolute atomic E-state index is 12.5. The number of carbonyl (C=O) groups is 1. The lowest BCUT2D eigenvalue weighted by molar-refractivity contribution is 0.0679. The third-order valence-corrected chi connectivity index (χ3v) is 5.99. The highest BCUT2D eigenvalue weighted by atomic mass is 32.1. The minimum atomic E-state index is -0.149. The average Bonchev–Trinajstić information content (AvgIpc) is 3.40. The smallest absolute Gasteiger partial charge is 0.257 e. The van der Waals surface area contributed by atoms with Crippen LogP contribution in [-0.4, -0.2) is 48.2 Å². The van der Waals surface area contributed by atoms with Gasteiger partial charge in [-0.2, -0.15) is 0 Å². The second kappa shape index (κ2) is 9.49. The van der Waals surface area contributed by atoms with E-state index in [1.807, 2.05) is 17.5 Å². The lowest BCUT2D eigenvalue weighted by Crippen LogP contribution is -2.29. The van der Waals surface area contributed by atoms with Gasteiger partial charge in [0.2, 0.25) is 0 Å². The molecule has 2 aliphatic rings. The Labute approximate surface area is 169 Å². The largest absolute Gasteiger partial charge is 0.491 e. The highest BCUT2D eigenvalue weighted by Crippen LogP contribution is 2.21. The van der Waals surface area contributed by atoms with Gasteiger partial charge in [0.1, 0.15) is 12.4 Å². The van der Waals surface area contributed by atoms with Crippen LogP contribution in [0.1, 0.15) is 48.2 Å². The third kappa shape index (κ3) is 5.31. The fraction of sp³-hybridized carbons (Fsp3) is 0.524. The Hall–Kier alpha value is -1.96. The molecular weight excluding hydrogens is 374 g/mol. The number of hydrogen-bond donors (Lipinski definition) is 1. The summed E-state index contributed by atoms with van der Waals surface area (Å²) in [6.45, 7) is 4.53. The van der Waals surface area contributed by atoms with Crippen LogP contribution in [0.5, 0.6) is 5.75 Å². The lowest BCUT2D eigenvalue weighted by atomic mass is 10.1. The van der Waals surface area contributed by atoms with E-state index in [0.29, 0.717) is 17.3 Å². The number of ether oxygens (including phenoxy) is 2. The molecule has 2 saturated heterocycles. The van der Waals surface area contributed by atoms with Gasteiger partial charge >= 0.3 is 0 Å². The Kier molecular flexibility index (Phi) is 6.57. The highest BCUT2D eigenvalue weighted by molar-refractivity contribution is 7.13. The number of carbonyl (C=O) groups excluding carboxylic acids is 1. The molecule has 0 spiro atoms. The van der Waals surface area contributed by atoms with Crippen LogP contribution >= 0.6 is 11.3 Å². The van der Waals surface area contributed by atoms with E-state index in [1.165, 1.54) is 30.6 Å². The zero-order chi connectivity index (χ0) is 19.2. The number of thiazole rings is 1. The number of benzene rings is 1. The van der Waals surface area contributed by atoms with Crippen LogP contribution in [0.25, 0.3) is 0 Å². The van der Waals surface area contributed by atoms with Gasteiger partial charge in [-0.05, 0) is 63.0 Å². The molecule has 2 fully saturated rings. The lowest BCUT2D eigenvalue weighted by Gasteiger charge is -2.25. The summed E-state index contributed by atoms with van der Waals surface area (Å²) in [6, 6.07) is 7.21. The van der Waals surface area contributed by atoms with Crippen LogP contribution in [0.3, 0.4) is 0 Å². The van der Waals surface area contributed by atoms with Crippen molar-refractivity contribution in [1.29, 1.82) is 0 Å². The molecule has 1 aromatic heterocycles. The molecule has 0 saturated carbocycles. The zero-order valence-corrected chi connectivity index (χ0v) is 16.9. The van der Waals surface area contributed by atoms with Gasteiger partial charge in [-0.25, -0.2) is 4.98 Å². The summed E-state index contributed by atoms with van der Waals surface area (Å²) in [6.07, 6.45) is 6.19. The summed E-state index contributed by atoms with van der Waals surface area (Å²) >= 11 is 1.48. The third-order valence-electron chi connectivity index (χ3n) is 5.18. The summed E-state index contributed by atoms with van der Waals surface area (Å²) in [7, 11) is 0. The van der Waals surface area contributed by atoms with Gasteiger partial charge in [0.05, 0.1) is 11.8 Å². The van der Waals surface area contributed by atoms with Gasteiger partial charge in [0.15, 0.2) is 5.13 Å². The normalized spacial score (nSPS) is 20.2. The van der Waals surface area contributed by atoms with Crippen molar-refractivity contribution in [2.75, 3.05) is 31.6 Å². The molecule has 1 N–H and O–H groups in total. The van der Waals surface area contributed by atoms with E-state index in [4.69, 9.17) is 9.47 Å². The van der Waals surface area contributed by atoms with Crippen molar-refractivity contribution in [2.24, 2.45) is 0 Å². The van der Waals surface area contributed by atoms with Crippen LogP contribution in [0.2, 0.25) is 0 Å². The van der Waals surface area contributed by atoms with Crippen LogP contribution in [0.4, 0.5) is 5.13 Å². The first-order valence-corrected chi connectivity index (χ1v) is 11.0. The van der Waals surface area contributed by atoms with E-state index in [2.05, 4.69) is 15.2 Å². The van der Waals surface area contributed by atoms with E-state index in [0.717, 1.165) is 50.5 Å². The predicted octanol–water partition coefficient (Wildman–Crippen LogP) is 3.94. The van der Waals surface area contributed by atoms with E-state index in [1.54, 1.807) is 12.1 Å². The number of aromatic nitrogens is 1. The number of amides is 1. The zero-order valence-electron chi connectivity index (χ0n) is 16.1. The highest BCUT2D eigenvalue weighted by Gasteiger charge is 2.16. The Morgan fingerprint density at radius 1 is 1.21 bits per heavy atom. The Morgan fingerprint density at radius 3 is 2.79 bits per heavy atom. The van der Waals surface area contributed by atoms with Gasteiger partial charge in [-0.1, -0.05) is 6.42 Å². The number of nitrogens with zero attached hydrogens (tertiary/aromatic N) is 2. The van der Waals surface area contributed by atoms with Crippen molar-refractivity contribution in [3.8, 4) is 5.75 Å². The van der Waals surface area contributed by atoms with E-state index in [9.17, 15) is 4.79 Å². The van der Waals surface area contributed by atoms with Crippen molar-refractivity contribution in [2.45, 2.75) is 44.8 Å². The number of piperidine rings is 1. The Balaban J connectivity index is 1.27. The molecule has 7 heteroatoms. The van der Waals surface area contributed by atoms with Gasteiger partial charge in [0, 0.05) is 24.1 Å². The first-order valence-electron chi connectivity index (χ1n) is 10.1. The second-order valence-corrected chi connectivity index (χ2v) is 8.26. The maximum Gasteiger partial charge on any atom is 0.257 e.